The van der Waals surface area contributed by atoms with Gasteiger partial charge in [-0.05, 0) is 6.08 Å². The van der Waals surface area contributed by atoms with Crippen LogP contribution in [0.4, 0.5) is 13.6 Å². The Morgan fingerprint density at radius 3 is 2.81 bits per heavy atom. The Kier molecular flexibility index (Phi) is 4.01. The lowest BCUT2D eigenvalue weighted by Gasteiger charge is -2.34. The summed E-state index contributed by atoms with van der Waals surface area (Å²) >= 11 is 0. The first-order valence-electron chi connectivity index (χ1n) is 7.20. The molecule has 1 aliphatic carbocycles. The maximum atomic E-state index is 13.4. The van der Waals surface area contributed by atoms with Crippen LogP contribution in [-0.2, 0) is 0 Å². The van der Waals surface area contributed by atoms with Crippen molar-refractivity contribution in [3.63, 3.8) is 0 Å². The number of urea groups is 1. The monoisotopic (exact) mass is 296 g/mol. The highest BCUT2D eigenvalue weighted by Crippen LogP contribution is 2.32. The van der Waals surface area contributed by atoms with E-state index in [9.17, 15) is 13.6 Å². The number of halogens is 2. The van der Waals surface area contributed by atoms with E-state index in [0.29, 0.717) is 19.5 Å². The summed E-state index contributed by atoms with van der Waals surface area (Å²) < 4.78 is 26.8. The zero-order valence-electron chi connectivity index (χ0n) is 11.6. The molecule has 3 aliphatic rings. The van der Waals surface area contributed by atoms with E-state index in [4.69, 9.17) is 0 Å². The van der Waals surface area contributed by atoms with Crippen molar-refractivity contribution in [3.05, 3.63) is 23.8 Å². The minimum Gasteiger partial charge on any atom is -0.321 e. The first-order valence-corrected chi connectivity index (χ1v) is 7.20. The Labute approximate surface area is 122 Å². The van der Waals surface area contributed by atoms with Crippen LogP contribution < -0.4 is 5.32 Å². The lowest BCUT2D eigenvalue weighted by molar-refractivity contribution is 0.125. The summed E-state index contributed by atoms with van der Waals surface area (Å²) in [5, 5.41) is 8.69. The van der Waals surface area contributed by atoms with Gasteiger partial charge in [0.05, 0.1) is 6.04 Å². The van der Waals surface area contributed by atoms with Gasteiger partial charge in [-0.25, -0.2) is 18.6 Å². The summed E-state index contributed by atoms with van der Waals surface area (Å²) in [7, 11) is 0. The van der Waals surface area contributed by atoms with Crippen LogP contribution in [0.15, 0.2) is 28.9 Å². The van der Waals surface area contributed by atoms with Crippen molar-refractivity contribution in [3.8, 4) is 0 Å². The van der Waals surface area contributed by atoms with E-state index in [1.807, 2.05) is 0 Å². The number of nitrogens with one attached hydrogen (secondary N) is 1. The molecule has 0 spiro atoms. The number of nitrogens with zero attached hydrogens (tertiary/aromatic N) is 3. The zero-order chi connectivity index (χ0) is 14.8. The van der Waals surface area contributed by atoms with E-state index in [1.54, 1.807) is 11.1 Å². The minimum absolute atomic E-state index is 0.118. The third-order valence-corrected chi connectivity index (χ3v) is 4.04. The molecular formula is C14H18F2N4O. The minimum atomic E-state index is -0.578. The second-order valence-corrected chi connectivity index (χ2v) is 5.48. The van der Waals surface area contributed by atoms with Crippen LogP contribution in [0.5, 0.6) is 0 Å². The van der Waals surface area contributed by atoms with Gasteiger partial charge < -0.3 is 10.2 Å². The predicted octanol–water partition coefficient (Wildman–Crippen LogP) is 1.80. The van der Waals surface area contributed by atoms with Crippen molar-refractivity contribution in [1.29, 1.82) is 0 Å². The van der Waals surface area contributed by atoms with E-state index >= 15 is 0 Å². The molecule has 0 aromatic rings. The number of hydrogen-bond donors (Lipinski definition) is 1. The Bertz CT molecular complexity index is 511. The van der Waals surface area contributed by atoms with E-state index < -0.39 is 11.7 Å². The fourth-order valence-corrected chi connectivity index (χ4v) is 2.97. The molecule has 114 valence electrons. The van der Waals surface area contributed by atoms with Gasteiger partial charge in [0.1, 0.15) is 11.7 Å². The average Bonchev–Trinajstić information content (AvgIpc) is 2.96. The number of piperazine rings is 1. The maximum Gasteiger partial charge on any atom is 0.340 e. The number of rotatable bonds is 1. The molecule has 0 aromatic carbocycles. The van der Waals surface area contributed by atoms with Gasteiger partial charge in [0.25, 0.3) is 0 Å². The fraction of sp³-hybridized carbons (Fsp3) is 0.571. The molecule has 0 bridgehead atoms. The van der Waals surface area contributed by atoms with Crippen LogP contribution in [0, 0.1) is 5.92 Å². The Morgan fingerprint density at radius 2 is 2.10 bits per heavy atom. The van der Waals surface area contributed by atoms with Gasteiger partial charge in [0, 0.05) is 57.2 Å². The lowest BCUT2D eigenvalue weighted by atomic mass is 9.90. The molecule has 7 heteroatoms. The number of carbonyl (C=O) groups excluding carboxylic acids is 1. The third-order valence-electron chi connectivity index (χ3n) is 4.04. The molecule has 2 aliphatic heterocycles. The summed E-state index contributed by atoms with van der Waals surface area (Å²) in [6.45, 7) is 2.76. The summed E-state index contributed by atoms with van der Waals surface area (Å²) in [6, 6.07) is -0.489. The summed E-state index contributed by atoms with van der Waals surface area (Å²) in [5.74, 6) is -1.43. The molecule has 1 unspecified atom stereocenters. The zero-order valence-corrected chi connectivity index (χ0v) is 11.6. The molecule has 1 fully saturated rings. The molecule has 1 saturated heterocycles. The highest BCUT2D eigenvalue weighted by molar-refractivity contribution is 5.78. The summed E-state index contributed by atoms with van der Waals surface area (Å²) in [5.41, 5.74) is 0. The maximum absolute atomic E-state index is 13.4. The highest BCUT2D eigenvalue weighted by atomic mass is 19.1. The molecular weight excluding hydrogens is 278 g/mol. The van der Waals surface area contributed by atoms with Crippen LogP contribution in [-0.4, -0.2) is 54.4 Å². The van der Waals surface area contributed by atoms with Crippen LogP contribution >= 0.6 is 0 Å². The lowest BCUT2D eigenvalue weighted by Crippen LogP contribution is -2.52. The van der Waals surface area contributed by atoms with Gasteiger partial charge in [-0.3, -0.25) is 0 Å². The highest BCUT2D eigenvalue weighted by Gasteiger charge is 2.36. The van der Waals surface area contributed by atoms with E-state index in [1.165, 1.54) is 11.1 Å². The topological polar surface area (TPSA) is 47.9 Å². The molecule has 2 heterocycles. The van der Waals surface area contributed by atoms with Gasteiger partial charge in [0.2, 0.25) is 0 Å². The molecule has 1 N–H and O–H groups in total. The van der Waals surface area contributed by atoms with Crippen molar-refractivity contribution >= 4 is 12.2 Å². The molecule has 0 aromatic heterocycles. The number of carbonyl (C=O) groups is 1. The van der Waals surface area contributed by atoms with Crippen molar-refractivity contribution in [2.75, 3.05) is 26.2 Å². The SMILES string of the molecule is O=C(N1CCNCC1)N1N=CC[C@H]1C1C=C(F)C=C(F)C1. The first-order chi connectivity index (χ1) is 10.1. The molecule has 2 atom stereocenters. The van der Waals surface area contributed by atoms with Crippen molar-refractivity contribution in [2.24, 2.45) is 11.0 Å². The predicted molar refractivity (Wildman–Crippen MR) is 75.1 cm³/mol. The fourth-order valence-electron chi connectivity index (χ4n) is 2.97. The second-order valence-electron chi connectivity index (χ2n) is 5.48. The van der Waals surface area contributed by atoms with Gasteiger partial charge in [0.15, 0.2) is 0 Å². The second kappa shape index (κ2) is 5.93. The first kappa shape index (κ1) is 14.2. The molecule has 0 saturated carbocycles. The number of hydrogen-bond acceptors (Lipinski definition) is 3. The largest absolute Gasteiger partial charge is 0.340 e. The number of allylic oxidation sites excluding steroid dienone is 3. The van der Waals surface area contributed by atoms with Crippen LogP contribution in [0.1, 0.15) is 12.8 Å². The van der Waals surface area contributed by atoms with E-state index in [-0.39, 0.29) is 24.4 Å². The molecule has 3 rings (SSSR count). The van der Waals surface area contributed by atoms with E-state index in [0.717, 1.165) is 19.2 Å². The standard InChI is InChI=1S/C14H18F2N4O/c15-11-7-10(8-12(16)9-11)13-1-2-18-20(13)14(21)19-5-3-17-4-6-19/h2,7,9-10,13,17H,1,3-6,8H2/t10?,13-/m0/s1. The van der Waals surface area contributed by atoms with Gasteiger partial charge in [-0.1, -0.05) is 0 Å². The quantitative estimate of drug-likeness (QED) is 0.802. The Hall–Kier alpha value is -1.76. The van der Waals surface area contributed by atoms with Gasteiger partial charge in [-0.15, -0.1) is 0 Å². The molecule has 2 amide bonds. The van der Waals surface area contributed by atoms with Gasteiger partial charge >= 0.3 is 6.03 Å². The van der Waals surface area contributed by atoms with Crippen molar-refractivity contribution < 1.29 is 13.6 Å². The van der Waals surface area contributed by atoms with Crippen molar-refractivity contribution in [2.45, 2.75) is 18.9 Å². The smallest absolute Gasteiger partial charge is 0.321 e. The normalized spacial score (nSPS) is 29.4. The summed E-state index contributed by atoms with van der Waals surface area (Å²) in [6.07, 6.45) is 4.58. The summed E-state index contributed by atoms with van der Waals surface area (Å²) in [4.78, 5) is 14.2. The Morgan fingerprint density at radius 1 is 1.33 bits per heavy atom. The van der Waals surface area contributed by atoms with Crippen LogP contribution in [0.25, 0.3) is 0 Å². The number of hydrazone groups is 1. The van der Waals surface area contributed by atoms with Crippen LogP contribution in [0.2, 0.25) is 0 Å². The molecule has 5 nitrogen and oxygen atoms in total. The third kappa shape index (κ3) is 2.97. The van der Waals surface area contributed by atoms with E-state index in [2.05, 4.69) is 10.4 Å². The average molecular weight is 296 g/mol. The molecule has 21 heavy (non-hydrogen) atoms. The molecule has 0 radical (unpaired) electrons. The Balaban J connectivity index is 1.71. The van der Waals surface area contributed by atoms with Gasteiger partial charge in [-0.2, -0.15) is 5.10 Å². The van der Waals surface area contributed by atoms with Crippen LogP contribution in [0.3, 0.4) is 0 Å². The van der Waals surface area contributed by atoms with Crippen molar-refractivity contribution in [1.82, 2.24) is 15.2 Å². The number of amides is 2.